The molecule has 0 radical (unpaired) electrons. The Bertz CT molecular complexity index is 773. The maximum atomic E-state index is 10.0. The number of aliphatic hydroxyl groups excluding tert-OH is 2. The lowest BCUT2D eigenvalue weighted by molar-refractivity contribution is 0.159. The molecule has 6 heteroatoms. The van der Waals surface area contributed by atoms with E-state index < -0.39 is 0 Å². The van der Waals surface area contributed by atoms with Gasteiger partial charge in [-0.05, 0) is 36.1 Å². The van der Waals surface area contributed by atoms with E-state index in [-0.39, 0.29) is 31.0 Å². The molecule has 3 N–H and O–H groups in total. The number of ether oxygens (including phenoxy) is 3. The lowest BCUT2D eigenvalue weighted by Gasteiger charge is -2.19. The number of methoxy groups -OCH3 is 2. The predicted octanol–water partition coefficient (Wildman–Crippen LogP) is 2.54. The van der Waals surface area contributed by atoms with Crippen LogP contribution in [0.4, 0.5) is 0 Å². The van der Waals surface area contributed by atoms with E-state index in [0.29, 0.717) is 17.9 Å². The van der Waals surface area contributed by atoms with Crippen LogP contribution in [0.15, 0.2) is 30.3 Å². The van der Waals surface area contributed by atoms with Crippen molar-refractivity contribution in [1.29, 1.82) is 0 Å². The van der Waals surface area contributed by atoms with Crippen molar-refractivity contribution in [2.45, 2.75) is 24.9 Å². The van der Waals surface area contributed by atoms with Crippen LogP contribution in [0.25, 0.3) is 0 Å². The lowest BCUT2D eigenvalue weighted by atomic mass is 9.90. The number of aliphatic hydroxyl groups is 2. The second kappa shape index (κ2) is 7.85. The fraction of sp³-hybridized carbons (Fsp3) is 0.400. The molecule has 2 aromatic rings. The molecule has 0 aliphatic carbocycles. The molecular formula is C20H24O6. The molecule has 0 bridgehead atoms. The van der Waals surface area contributed by atoms with Crippen molar-refractivity contribution >= 4 is 0 Å². The fourth-order valence-corrected chi connectivity index (χ4v) is 3.41. The Morgan fingerprint density at radius 1 is 1.04 bits per heavy atom. The number of benzene rings is 2. The van der Waals surface area contributed by atoms with Gasteiger partial charge in [0.15, 0.2) is 11.5 Å². The van der Waals surface area contributed by atoms with Gasteiger partial charge in [0.05, 0.1) is 26.7 Å². The molecule has 3 rings (SSSR count). The van der Waals surface area contributed by atoms with Gasteiger partial charge in [0.25, 0.3) is 0 Å². The third-order valence-electron chi connectivity index (χ3n) is 4.77. The van der Waals surface area contributed by atoms with E-state index in [1.54, 1.807) is 19.2 Å². The Morgan fingerprint density at radius 3 is 2.46 bits per heavy atom. The van der Waals surface area contributed by atoms with Crippen molar-refractivity contribution in [3.63, 3.8) is 0 Å². The third kappa shape index (κ3) is 3.30. The maximum Gasteiger partial charge on any atom is 0.164 e. The van der Waals surface area contributed by atoms with Crippen LogP contribution in [-0.4, -0.2) is 42.8 Å². The summed E-state index contributed by atoms with van der Waals surface area (Å²) in [5.74, 6) is 1.37. The van der Waals surface area contributed by atoms with E-state index in [1.165, 1.54) is 7.11 Å². The van der Waals surface area contributed by atoms with Gasteiger partial charge in [-0.1, -0.05) is 12.1 Å². The highest BCUT2D eigenvalue weighted by atomic mass is 16.5. The highest BCUT2D eigenvalue weighted by Crippen LogP contribution is 2.49. The van der Waals surface area contributed by atoms with Crippen LogP contribution in [0.1, 0.15) is 35.1 Å². The Hall–Kier alpha value is -2.44. The van der Waals surface area contributed by atoms with Crippen LogP contribution in [0, 0.1) is 0 Å². The zero-order chi connectivity index (χ0) is 18.7. The highest BCUT2D eigenvalue weighted by Gasteiger charge is 2.36. The van der Waals surface area contributed by atoms with E-state index in [2.05, 4.69) is 0 Å². The van der Waals surface area contributed by atoms with Gasteiger partial charge >= 0.3 is 0 Å². The first-order valence-corrected chi connectivity index (χ1v) is 8.59. The Balaban J connectivity index is 1.94. The number of hydrogen-bond donors (Lipinski definition) is 3. The van der Waals surface area contributed by atoms with Gasteiger partial charge in [-0.2, -0.15) is 0 Å². The summed E-state index contributed by atoms with van der Waals surface area (Å²) in [6.45, 7) is 0.0158. The summed E-state index contributed by atoms with van der Waals surface area (Å²) in [5.41, 5.74) is 2.64. The van der Waals surface area contributed by atoms with Gasteiger partial charge < -0.3 is 29.5 Å². The summed E-state index contributed by atoms with van der Waals surface area (Å²) in [5, 5.41) is 29.0. The van der Waals surface area contributed by atoms with Gasteiger partial charge in [-0.25, -0.2) is 0 Å². The average Bonchev–Trinajstić information content (AvgIpc) is 3.02. The number of phenols is 1. The molecule has 0 saturated heterocycles. The summed E-state index contributed by atoms with van der Waals surface area (Å²) >= 11 is 0. The Kier molecular flexibility index (Phi) is 5.54. The minimum Gasteiger partial charge on any atom is -0.504 e. The minimum absolute atomic E-state index is 0.0193. The van der Waals surface area contributed by atoms with E-state index in [0.717, 1.165) is 28.9 Å². The van der Waals surface area contributed by atoms with Crippen molar-refractivity contribution in [3.8, 4) is 23.0 Å². The number of aryl methyl sites for hydroxylation is 1. The first-order valence-electron chi connectivity index (χ1n) is 8.59. The molecule has 1 heterocycles. The number of rotatable bonds is 7. The molecule has 26 heavy (non-hydrogen) atoms. The first kappa shape index (κ1) is 18.4. The Labute approximate surface area is 152 Å². The molecule has 0 spiro atoms. The van der Waals surface area contributed by atoms with E-state index >= 15 is 0 Å². The van der Waals surface area contributed by atoms with Crippen LogP contribution in [-0.2, 0) is 6.42 Å². The van der Waals surface area contributed by atoms with Crippen molar-refractivity contribution in [3.05, 3.63) is 47.0 Å². The molecule has 2 atom stereocenters. The number of aromatic hydroxyl groups is 1. The summed E-state index contributed by atoms with van der Waals surface area (Å²) in [6, 6.07) is 9.04. The maximum absolute atomic E-state index is 10.0. The summed E-state index contributed by atoms with van der Waals surface area (Å²) < 4.78 is 16.7. The molecule has 2 aromatic carbocycles. The largest absolute Gasteiger partial charge is 0.504 e. The average molecular weight is 360 g/mol. The molecule has 0 aromatic heterocycles. The van der Waals surface area contributed by atoms with E-state index in [9.17, 15) is 10.2 Å². The normalized spacial score (nSPS) is 18.3. The molecule has 0 saturated carbocycles. The Morgan fingerprint density at radius 2 is 1.81 bits per heavy atom. The van der Waals surface area contributed by atoms with Crippen LogP contribution >= 0.6 is 0 Å². The van der Waals surface area contributed by atoms with Gasteiger partial charge in [-0.15, -0.1) is 0 Å². The van der Waals surface area contributed by atoms with Crippen LogP contribution < -0.4 is 14.2 Å². The first-order chi connectivity index (χ1) is 12.6. The SMILES string of the molecule is COc1cc2c(cc1O)[C@H](CO)[C@@H](c1ccc(CCCO)c(OC)c1)O2. The smallest absolute Gasteiger partial charge is 0.164 e. The molecule has 1 aliphatic rings. The van der Waals surface area contributed by atoms with E-state index in [4.69, 9.17) is 19.3 Å². The second-order valence-corrected chi connectivity index (χ2v) is 6.29. The highest BCUT2D eigenvalue weighted by molar-refractivity contribution is 5.54. The molecular weight excluding hydrogens is 336 g/mol. The monoisotopic (exact) mass is 360 g/mol. The van der Waals surface area contributed by atoms with Crippen LogP contribution in [0.2, 0.25) is 0 Å². The number of fused-ring (bicyclic) bond motifs is 1. The van der Waals surface area contributed by atoms with E-state index in [1.807, 2.05) is 18.2 Å². The fourth-order valence-electron chi connectivity index (χ4n) is 3.41. The van der Waals surface area contributed by atoms with Crippen molar-refractivity contribution < 1.29 is 29.5 Å². The topological polar surface area (TPSA) is 88.4 Å². The predicted molar refractivity (Wildman–Crippen MR) is 96.3 cm³/mol. The second-order valence-electron chi connectivity index (χ2n) is 6.29. The number of phenolic OH excluding ortho intramolecular Hbond substituents is 1. The van der Waals surface area contributed by atoms with Gasteiger partial charge in [0.1, 0.15) is 17.6 Å². The molecule has 1 aliphatic heterocycles. The minimum atomic E-state index is -0.387. The summed E-state index contributed by atoms with van der Waals surface area (Å²) in [6.07, 6.45) is 1.00. The quantitative estimate of drug-likeness (QED) is 0.703. The van der Waals surface area contributed by atoms with Gasteiger partial charge in [0.2, 0.25) is 0 Å². The van der Waals surface area contributed by atoms with Crippen molar-refractivity contribution in [1.82, 2.24) is 0 Å². The molecule has 0 unspecified atom stereocenters. The van der Waals surface area contributed by atoms with Crippen molar-refractivity contribution in [2.75, 3.05) is 27.4 Å². The standard InChI is InChI=1S/C20H24O6/c1-24-17-8-13(6-5-12(17)4-3-7-21)20-15(11-22)14-9-16(23)19(25-2)10-18(14)26-20/h5-6,8-10,15,20-23H,3-4,7,11H2,1-2H3/t15-,20+/m0/s1. The van der Waals surface area contributed by atoms with Crippen LogP contribution in [0.5, 0.6) is 23.0 Å². The molecule has 6 nitrogen and oxygen atoms in total. The van der Waals surface area contributed by atoms with Gasteiger partial charge in [0, 0.05) is 18.2 Å². The van der Waals surface area contributed by atoms with Gasteiger partial charge in [-0.3, -0.25) is 0 Å². The lowest BCUT2D eigenvalue weighted by Crippen LogP contribution is -2.13. The molecule has 0 fully saturated rings. The van der Waals surface area contributed by atoms with Crippen molar-refractivity contribution in [2.24, 2.45) is 0 Å². The summed E-state index contributed by atoms with van der Waals surface area (Å²) in [7, 11) is 3.09. The zero-order valence-corrected chi connectivity index (χ0v) is 14.9. The number of hydrogen-bond acceptors (Lipinski definition) is 6. The molecule has 0 amide bonds. The summed E-state index contributed by atoms with van der Waals surface area (Å²) in [4.78, 5) is 0. The molecule has 140 valence electrons. The third-order valence-corrected chi connectivity index (χ3v) is 4.77. The zero-order valence-electron chi connectivity index (χ0n) is 14.9. The van der Waals surface area contributed by atoms with Crippen LogP contribution in [0.3, 0.4) is 0 Å².